The zero-order valence-corrected chi connectivity index (χ0v) is 9.76. The molecule has 2 heteroatoms. The summed E-state index contributed by atoms with van der Waals surface area (Å²) in [5.41, 5.74) is 0. The van der Waals surface area contributed by atoms with Gasteiger partial charge in [-0.1, -0.05) is 13.8 Å². The highest BCUT2D eigenvalue weighted by Gasteiger charge is 2.08. The Bertz CT molecular complexity index is 115. The molecule has 0 fully saturated rings. The predicted molar refractivity (Wildman–Crippen MR) is 58.0 cm³/mol. The minimum absolute atomic E-state index is 0.564. The van der Waals surface area contributed by atoms with Crippen molar-refractivity contribution in [1.29, 1.82) is 0 Å². The van der Waals surface area contributed by atoms with Crippen molar-refractivity contribution in [3.05, 3.63) is 0 Å². The number of rotatable bonds is 7. The van der Waals surface area contributed by atoms with Crippen LogP contribution in [0.3, 0.4) is 0 Å². The molecule has 0 aromatic heterocycles. The lowest BCUT2D eigenvalue weighted by Gasteiger charge is -2.21. The largest absolute Gasteiger partial charge is 0.385 e. The van der Waals surface area contributed by atoms with E-state index in [0.717, 1.165) is 18.9 Å². The molecule has 80 valence electrons. The van der Waals surface area contributed by atoms with E-state index in [1.54, 1.807) is 7.11 Å². The standard InChI is InChI=1S/C11H25NO/c1-9(2)8-11(4)12-10(3)6-7-13-5/h9-12H,6-8H2,1-5H3. The molecule has 1 N–H and O–H groups in total. The SMILES string of the molecule is COCCC(C)NC(C)CC(C)C. The van der Waals surface area contributed by atoms with Crippen molar-refractivity contribution >= 4 is 0 Å². The fourth-order valence-corrected chi connectivity index (χ4v) is 1.64. The smallest absolute Gasteiger partial charge is 0.0476 e. The quantitative estimate of drug-likeness (QED) is 0.661. The highest BCUT2D eigenvalue weighted by atomic mass is 16.5. The maximum Gasteiger partial charge on any atom is 0.0476 e. The van der Waals surface area contributed by atoms with Crippen molar-refractivity contribution in [2.75, 3.05) is 13.7 Å². The summed E-state index contributed by atoms with van der Waals surface area (Å²) in [6.45, 7) is 9.84. The highest BCUT2D eigenvalue weighted by Crippen LogP contribution is 2.05. The number of hydrogen-bond donors (Lipinski definition) is 1. The molecule has 2 atom stereocenters. The molecule has 0 rings (SSSR count). The lowest BCUT2D eigenvalue weighted by molar-refractivity contribution is 0.182. The number of hydrogen-bond acceptors (Lipinski definition) is 2. The summed E-state index contributed by atoms with van der Waals surface area (Å²) in [4.78, 5) is 0. The van der Waals surface area contributed by atoms with Gasteiger partial charge in [-0.2, -0.15) is 0 Å². The van der Waals surface area contributed by atoms with Crippen LogP contribution in [0, 0.1) is 5.92 Å². The summed E-state index contributed by atoms with van der Waals surface area (Å²) in [6, 6.07) is 1.18. The van der Waals surface area contributed by atoms with Crippen LogP contribution < -0.4 is 5.32 Å². The van der Waals surface area contributed by atoms with Crippen LogP contribution >= 0.6 is 0 Å². The van der Waals surface area contributed by atoms with Gasteiger partial charge in [-0.25, -0.2) is 0 Å². The third-order valence-electron chi connectivity index (χ3n) is 2.15. The molecular formula is C11H25NO. The minimum atomic E-state index is 0.564. The topological polar surface area (TPSA) is 21.3 Å². The second-order valence-corrected chi connectivity index (χ2v) is 4.38. The van der Waals surface area contributed by atoms with Crippen LogP contribution in [0.1, 0.15) is 40.5 Å². The molecule has 0 heterocycles. The van der Waals surface area contributed by atoms with Crippen LogP contribution in [-0.4, -0.2) is 25.8 Å². The molecule has 0 saturated carbocycles. The maximum absolute atomic E-state index is 5.04. The summed E-state index contributed by atoms with van der Waals surface area (Å²) in [6.07, 6.45) is 2.34. The van der Waals surface area contributed by atoms with Gasteiger partial charge in [0.2, 0.25) is 0 Å². The molecule has 0 amide bonds. The Balaban J connectivity index is 3.46. The molecule has 2 nitrogen and oxygen atoms in total. The first kappa shape index (κ1) is 12.9. The van der Waals surface area contributed by atoms with E-state index in [1.807, 2.05) is 0 Å². The van der Waals surface area contributed by atoms with Crippen LogP contribution in [0.15, 0.2) is 0 Å². The predicted octanol–water partition coefficient (Wildman–Crippen LogP) is 2.44. The van der Waals surface area contributed by atoms with Gasteiger partial charge in [0.15, 0.2) is 0 Å². The zero-order chi connectivity index (χ0) is 10.3. The zero-order valence-electron chi connectivity index (χ0n) is 9.76. The Morgan fingerprint density at radius 1 is 1.08 bits per heavy atom. The molecule has 0 aliphatic carbocycles. The summed E-state index contributed by atoms with van der Waals surface area (Å²) in [5, 5.41) is 3.57. The van der Waals surface area contributed by atoms with Gasteiger partial charge in [0, 0.05) is 25.8 Å². The highest BCUT2D eigenvalue weighted by molar-refractivity contribution is 4.68. The first-order chi connectivity index (χ1) is 6.06. The first-order valence-corrected chi connectivity index (χ1v) is 5.31. The lowest BCUT2D eigenvalue weighted by Crippen LogP contribution is -2.35. The molecule has 0 saturated heterocycles. The monoisotopic (exact) mass is 187 g/mol. The molecular weight excluding hydrogens is 162 g/mol. The van der Waals surface area contributed by atoms with Crippen molar-refractivity contribution < 1.29 is 4.74 Å². The third-order valence-corrected chi connectivity index (χ3v) is 2.15. The summed E-state index contributed by atoms with van der Waals surface area (Å²) in [7, 11) is 1.75. The fraction of sp³-hybridized carbons (Fsp3) is 1.00. The number of nitrogens with one attached hydrogen (secondary N) is 1. The molecule has 2 unspecified atom stereocenters. The van der Waals surface area contributed by atoms with Crippen LogP contribution in [0.25, 0.3) is 0 Å². The van der Waals surface area contributed by atoms with E-state index < -0.39 is 0 Å². The molecule has 13 heavy (non-hydrogen) atoms. The van der Waals surface area contributed by atoms with Gasteiger partial charge in [-0.05, 0) is 32.6 Å². The Hall–Kier alpha value is -0.0800. The average molecular weight is 187 g/mol. The summed E-state index contributed by atoms with van der Waals surface area (Å²) in [5.74, 6) is 0.775. The van der Waals surface area contributed by atoms with E-state index in [2.05, 4.69) is 33.0 Å². The van der Waals surface area contributed by atoms with Gasteiger partial charge in [0.05, 0.1) is 0 Å². The van der Waals surface area contributed by atoms with Crippen molar-refractivity contribution in [2.45, 2.75) is 52.6 Å². The lowest BCUT2D eigenvalue weighted by atomic mass is 10.0. The molecule has 0 aromatic rings. The van der Waals surface area contributed by atoms with Crippen LogP contribution in [0.5, 0.6) is 0 Å². The van der Waals surface area contributed by atoms with Gasteiger partial charge in [-0.15, -0.1) is 0 Å². The van der Waals surface area contributed by atoms with Gasteiger partial charge >= 0.3 is 0 Å². The third kappa shape index (κ3) is 8.26. The number of ether oxygens (including phenoxy) is 1. The van der Waals surface area contributed by atoms with Gasteiger partial charge in [0.1, 0.15) is 0 Å². The second kappa shape index (κ2) is 7.34. The van der Waals surface area contributed by atoms with E-state index in [-0.39, 0.29) is 0 Å². The molecule has 0 aliphatic heterocycles. The van der Waals surface area contributed by atoms with Crippen LogP contribution in [-0.2, 0) is 4.74 Å². The van der Waals surface area contributed by atoms with E-state index in [9.17, 15) is 0 Å². The average Bonchev–Trinajstić information content (AvgIpc) is 1.98. The Morgan fingerprint density at radius 3 is 2.15 bits per heavy atom. The van der Waals surface area contributed by atoms with E-state index in [1.165, 1.54) is 6.42 Å². The first-order valence-electron chi connectivity index (χ1n) is 5.31. The Morgan fingerprint density at radius 2 is 1.69 bits per heavy atom. The van der Waals surface area contributed by atoms with Crippen LogP contribution in [0.2, 0.25) is 0 Å². The van der Waals surface area contributed by atoms with Crippen molar-refractivity contribution in [1.82, 2.24) is 5.32 Å². The van der Waals surface area contributed by atoms with E-state index in [4.69, 9.17) is 4.74 Å². The van der Waals surface area contributed by atoms with E-state index in [0.29, 0.717) is 12.1 Å². The summed E-state index contributed by atoms with van der Waals surface area (Å²) < 4.78 is 5.04. The Labute approximate surface area is 83.1 Å². The molecule has 0 bridgehead atoms. The maximum atomic E-state index is 5.04. The van der Waals surface area contributed by atoms with Crippen molar-refractivity contribution in [3.63, 3.8) is 0 Å². The normalized spacial score (nSPS) is 16.2. The van der Waals surface area contributed by atoms with Gasteiger partial charge in [0.25, 0.3) is 0 Å². The van der Waals surface area contributed by atoms with Crippen molar-refractivity contribution in [3.8, 4) is 0 Å². The second-order valence-electron chi connectivity index (χ2n) is 4.38. The Kier molecular flexibility index (Phi) is 7.29. The molecule has 0 radical (unpaired) electrons. The number of methoxy groups -OCH3 is 1. The van der Waals surface area contributed by atoms with Crippen molar-refractivity contribution in [2.24, 2.45) is 5.92 Å². The van der Waals surface area contributed by atoms with E-state index >= 15 is 0 Å². The molecule has 0 aliphatic rings. The van der Waals surface area contributed by atoms with Gasteiger partial charge < -0.3 is 10.1 Å². The minimum Gasteiger partial charge on any atom is -0.385 e. The summed E-state index contributed by atoms with van der Waals surface area (Å²) >= 11 is 0. The molecule has 0 spiro atoms. The molecule has 0 aromatic carbocycles. The van der Waals surface area contributed by atoms with Gasteiger partial charge in [-0.3, -0.25) is 0 Å². The van der Waals surface area contributed by atoms with Crippen LogP contribution in [0.4, 0.5) is 0 Å². The fourth-order valence-electron chi connectivity index (χ4n) is 1.64.